The molecule has 0 radical (unpaired) electrons. The molecule has 0 aliphatic heterocycles. The maximum Gasteiger partial charge on any atom is 0.0580 e. The molecule has 0 aromatic rings. The van der Waals surface area contributed by atoms with Crippen molar-refractivity contribution in [2.45, 2.75) is 76.9 Å². The molecule has 0 amide bonds. The van der Waals surface area contributed by atoms with Crippen LogP contribution in [-0.4, -0.2) is 23.8 Å². The molecule has 0 aromatic carbocycles. The van der Waals surface area contributed by atoms with E-state index in [2.05, 4.69) is 12.2 Å². The van der Waals surface area contributed by atoms with E-state index >= 15 is 0 Å². The van der Waals surface area contributed by atoms with E-state index in [1.807, 2.05) is 0 Å². The number of aliphatic hydroxyl groups excluding tert-OH is 1. The number of hydrogen-bond acceptors (Lipinski definition) is 2. The van der Waals surface area contributed by atoms with Crippen LogP contribution in [0.15, 0.2) is 0 Å². The SMILES string of the molecule is CCC1CCC(NCC2CCCCC2O)CC1. The van der Waals surface area contributed by atoms with Gasteiger partial charge >= 0.3 is 0 Å². The van der Waals surface area contributed by atoms with Crippen LogP contribution in [0.1, 0.15) is 64.7 Å². The number of rotatable bonds is 4. The molecule has 2 heteroatoms. The van der Waals surface area contributed by atoms with Crippen LogP contribution in [-0.2, 0) is 0 Å². The van der Waals surface area contributed by atoms with Crippen molar-refractivity contribution < 1.29 is 5.11 Å². The Morgan fingerprint density at radius 3 is 2.35 bits per heavy atom. The lowest BCUT2D eigenvalue weighted by atomic mass is 9.83. The minimum absolute atomic E-state index is 0.0387. The van der Waals surface area contributed by atoms with Crippen LogP contribution in [0.2, 0.25) is 0 Å². The van der Waals surface area contributed by atoms with E-state index in [0.717, 1.165) is 24.9 Å². The third-order valence-electron chi connectivity index (χ3n) is 4.96. The predicted molar refractivity (Wildman–Crippen MR) is 72.0 cm³/mol. The molecule has 100 valence electrons. The Morgan fingerprint density at radius 1 is 1.00 bits per heavy atom. The van der Waals surface area contributed by atoms with Crippen molar-refractivity contribution in [1.29, 1.82) is 0 Å². The van der Waals surface area contributed by atoms with Gasteiger partial charge in [0.25, 0.3) is 0 Å². The van der Waals surface area contributed by atoms with Gasteiger partial charge in [0.1, 0.15) is 0 Å². The van der Waals surface area contributed by atoms with Crippen LogP contribution >= 0.6 is 0 Å². The molecule has 2 rings (SSSR count). The van der Waals surface area contributed by atoms with Crippen molar-refractivity contribution in [2.75, 3.05) is 6.54 Å². The summed E-state index contributed by atoms with van der Waals surface area (Å²) < 4.78 is 0. The van der Waals surface area contributed by atoms with E-state index in [9.17, 15) is 5.11 Å². The normalized spacial score (nSPS) is 39.2. The van der Waals surface area contributed by atoms with Gasteiger partial charge in [-0.2, -0.15) is 0 Å². The maximum atomic E-state index is 9.94. The van der Waals surface area contributed by atoms with Crippen LogP contribution in [0.3, 0.4) is 0 Å². The first kappa shape index (κ1) is 13.4. The van der Waals surface area contributed by atoms with Gasteiger partial charge in [-0.15, -0.1) is 0 Å². The van der Waals surface area contributed by atoms with E-state index < -0.39 is 0 Å². The van der Waals surface area contributed by atoms with Crippen molar-refractivity contribution in [3.8, 4) is 0 Å². The Kier molecular flexibility index (Phi) is 5.30. The second kappa shape index (κ2) is 6.75. The van der Waals surface area contributed by atoms with Crippen LogP contribution in [0.5, 0.6) is 0 Å². The summed E-state index contributed by atoms with van der Waals surface area (Å²) in [4.78, 5) is 0. The van der Waals surface area contributed by atoms with Crippen LogP contribution in [0.4, 0.5) is 0 Å². The highest BCUT2D eigenvalue weighted by Gasteiger charge is 2.25. The Hall–Kier alpha value is -0.0800. The standard InChI is InChI=1S/C15H29NO/c1-2-12-7-9-14(10-8-12)16-11-13-5-3-4-6-15(13)17/h12-17H,2-11H2,1H3. The van der Waals surface area contributed by atoms with Gasteiger partial charge in [-0.3, -0.25) is 0 Å². The lowest BCUT2D eigenvalue weighted by Gasteiger charge is -2.32. The summed E-state index contributed by atoms with van der Waals surface area (Å²) >= 11 is 0. The molecule has 0 heterocycles. The maximum absolute atomic E-state index is 9.94. The number of aliphatic hydroxyl groups is 1. The van der Waals surface area contributed by atoms with Gasteiger partial charge < -0.3 is 10.4 Å². The van der Waals surface area contributed by atoms with E-state index in [-0.39, 0.29) is 6.10 Å². The average Bonchev–Trinajstić information content (AvgIpc) is 2.38. The summed E-state index contributed by atoms with van der Waals surface area (Å²) in [6, 6.07) is 0.729. The van der Waals surface area contributed by atoms with Gasteiger partial charge in [0.15, 0.2) is 0 Å². The molecule has 0 spiro atoms. The Labute approximate surface area is 106 Å². The predicted octanol–water partition coefficient (Wildman–Crippen LogP) is 3.10. The fourth-order valence-corrected chi connectivity index (χ4v) is 3.52. The summed E-state index contributed by atoms with van der Waals surface area (Å²) in [6.07, 6.45) is 11.6. The van der Waals surface area contributed by atoms with Crippen molar-refractivity contribution in [2.24, 2.45) is 11.8 Å². The van der Waals surface area contributed by atoms with Crippen LogP contribution in [0, 0.1) is 11.8 Å². The van der Waals surface area contributed by atoms with Crippen molar-refractivity contribution in [3.05, 3.63) is 0 Å². The number of hydrogen-bond donors (Lipinski definition) is 2. The van der Waals surface area contributed by atoms with Gasteiger partial charge in [0.2, 0.25) is 0 Å². The summed E-state index contributed by atoms with van der Waals surface area (Å²) in [6.45, 7) is 3.36. The van der Waals surface area contributed by atoms with Gasteiger partial charge in [-0.1, -0.05) is 26.2 Å². The molecule has 2 aliphatic carbocycles. The summed E-state index contributed by atoms with van der Waals surface area (Å²) in [7, 11) is 0. The fourth-order valence-electron chi connectivity index (χ4n) is 3.52. The molecule has 2 fully saturated rings. The molecular weight excluding hydrogens is 210 g/mol. The number of nitrogens with one attached hydrogen (secondary N) is 1. The fraction of sp³-hybridized carbons (Fsp3) is 1.00. The van der Waals surface area contributed by atoms with Gasteiger partial charge in [-0.05, 0) is 50.4 Å². The topological polar surface area (TPSA) is 32.3 Å². The second-order valence-electron chi connectivity index (χ2n) is 6.15. The third kappa shape index (κ3) is 3.96. The molecule has 0 aromatic heterocycles. The minimum atomic E-state index is -0.0387. The monoisotopic (exact) mass is 239 g/mol. The molecular formula is C15H29NO. The Bertz CT molecular complexity index is 211. The molecule has 2 nitrogen and oxygen atoms in total. The quantitative estimate of drug-likeness (QED) is 0.790. The molecule has 2 saturated carbocycles. The summed E-state index contributed by atoms with van der Waals surface area (Å²) in [5.41, 5.74) is 0. The van der Waals surface area contributed by atoms with E-state index in [0.29, 0.717) is 5.92 Å². The summed E-state index contributed by atoms with van der Waals surface area (Å²) in [5, 5.41) is 13.6. The molecule has 2 N–H and O–H groups in total. The second-order valence-corrected chi connectivity index (χ2v) is 6.15. The van der Waals surface area contributed by atoms with Crippen LogP contribution < -0.4 is 5.32 Å². The molecule has 2 unspecified atom stereocenters. The first-order chi connectivity index (χ1) is 8.29. The Morgan fingerprint density at radius 2 is 1.71 bits per heavy atom. The molecule has 0 saturated heterocycles. The molecule has 0 bridgehead atoms. The first-order valence-corrected chi connectivity index (χ1v) is 7.71. The lowest BCUT2D eigenvalue weighted by Crippen LogP contribution is -2.40. The molecule has 2 atom stereocenters. The lowest BCUT2D eigenvalue weighted by molar-refractivity contribution is 0.0668. The zero-order valence-corrected chi connectivity index (χ0v) is 11.3. The van der Waals surface area contributed by atoms with E-state index in [4.69, 9.17) is 0 Å². The van der Waals surface area contributed by atoms with Gasteiger partial charge in [0.05, 0.1) is 6.10 Å². The molecule has 17 heavy (non-hydrogen) atoms. The summed E-state index contributed by atoms with van der Waals surface area (Å²) in [5.74, 6) is 1.50. The van der Waals surface area contributed by atoms with Crippen molar-refractivity contribution in [3.63, 3.8) is 0 Å². The van der Waals surface area contributed by atoms with Crippen molar-refractivity contribution >= 4 is 0 Å². The first-order valence-electron chi connectivity index (χ1n) is 7.71. The van der Waals surface area contributed by atoms with E-state index in [1.165, 1.54) is 51.4 Å². The largest absolute Gasteiger partial charge is 0.393 e. The van der Waals surface area contributed by atoms with Gasteiger partial charge in [0, 0.05) is 12.6 Å². The zero-order valence-electron chi connectivity index (χ0n) is 11.3. The molecule has 2 aliphatic rings. The average molecular weight is 239 g/mol. The zero-order chi connectivity index (χ0) is 12.1. The van der Waals surface area contributed by atoms with E-state index in [1.54, 1.807) is 0 Å². The highest BCUT2D eigenvalue weighted by Crippen LogP contribution is 2.28. The Balaban J connectivity index is 1.65. The smallest absolute Gasteiger partial charge is 0.0580 e. The van der Waals surface area contributed by atoms with Crippen LogP contribution in [0.25, 0.3) is 0 Å². The van der Waals surface area contributed by atoms with Crippen molar-refractivity contribution in [1.82, 2.24) is 5.32 Å². The third-order valence-corrected chi connectivity index (χ3v) is 4.96. The highest BCUT2D eigenvalue weighted by atomic mass is 16.3. The highest BCUT2D eigenvalue weighted by molar-refractivity contribution is 4.81. The minimum Gasteiger partial charge on any atom is -0.393 e. The van der Waals surface area contributed by atoms with Gasteiger partial charge in [-0.25, -0.2) is 0 Å².